The number of hydrogen-bond donors (Lipinski definition) is 1. The number of carbonyl (C=O) groups excluding carboxylic acids is 1. The van der Waals surface area contributed by atoms with Crippen LogP contribution >= 0.6 is 11.8 Å². The Morgan fingerprint density at radius 2 is 2.12 bits per heavy atom. The van der Waals surface area contributed by atoms with Crippen LogP contribution in [0.3, 0.4) is 0 Å². The molecule has 1 amide bonds. The van der Waals surface area contributed by atoms with Crippen LogP contribution in [-0.2, 0) is 9.59 Å². The van der Waals surface area contributed by atoms with Gasteiger partial charge in [0.05, 0.1) is 5.25 Å². The third kappa shape index (κ3) is 2.90. The molecule has 0 radical (unpaired) electrons. The smallest absolute Gasteiger partial charge is 0.326 e. The van der Waals surface area contributed by atoms with Crippen LogP contribution in [0, 0.1) is 5.92 Å². The van der Waals surface area contributed by atoms with E-state index in [9.17, 15) is 9.59 Å². The number of carboxylic acid groups (broad SMARTS) is 1. The fourth-order valence-electron chi connectivity index (χ4n) is 1.97. The van der Waals surface area contributed by atoms with Crippen LogP contribution in [0.2, 0.25) is 0 Å². The SMILES string of the molecule is CSC(C)C(=O)N1CCC(C)CC1C(=O)O. The number of likely N-dealkylation sites (tertiary alicyclic amines) is 1. The van der Waals surface area contributed by atoms with E-state index in [-0.39, 0.29) is 11.2 Å². The topological polar surface area (TPSA) is 57.6 Å². The minimum atomic E-state index is -0.881. The Bertz CT molecular complexity index is 282. The molecule has 3 unspecified atom stereocenters. The summed E-state index contributed by atoms with van der Waals surface area (Å²) in [7, 11) is 0. The van der Waals surface area contributed by atoms with E-state index in [1.165, 1.54) is 16.7 Å². The minimum Gasteiger partial charge on any atom is -0.480 e. The zero-order valence-corrected chi connectivity index (χ0v) is 10.8. The Hall–Kier alpha value is -0.710. The van der Waals surface area contributed by atoms with Crippen molar-refractivity contribution < 1.29 is 14.7 Å². The molecule has 1 rings (SSSR count). The van der Waals surface area contributed by atoms with Crippen LogP contribution in [0.25, 0.3) is 0 Å². The first-order chi connectivity index (χ1) is 7.47. The highest BCUT2D eigenvalue weighted by Gasteiger charge is 2.36. The third-order valence-electron chi connectivity index (χ3n) is 3.13. The van der Waals surface area contributed by atoms with Gasteiger partial charge < -0.3 is 10.0 Å². The van der Waals surface area contributed by atoms with E-state index in [1.807, 2.05) is 20.1 Å². The van der Waals surface area contributed by atoms with Crippen molar-refractivity contribution in [2.24, 2.45) is 5.92 Å². The van der Waals surface area contributed by atoms with Gasteiger partial charge in [0.2, 0.25) is 5.91 Å². The molecule has 0 spiro atoms. The lowest BCUT2D eigenvalue weighted by molar-refractivity contribution is -0.152. The predicted octanol–water partition coefficient (Wildman–Crippen LogP) is 1.45. The molecule has 1 aliphatic rings. The minimum absolute atomic E-state index is 0.0493. The Kier molecular flexibility index (Phi) is 4.65. The second-order valence-corrected chi connectivity index (χ2v) is 5.57. The molecule has 1 fully saturated rings. The third-order valence-corrected chi connectivity index (χ3v) is 4.04. The van der Waals surface area contributed by atoms with Gasteiger partial charge in [0.25, 0.3) is 0 Å². The Morgan fingerprint density at radius 3 is 2.62 bits per heavy atom. The normalized spacial score (nSPS) is 27.6. The molecule has 1 saturated heterocycles. The molecule has 3 atom stereocenters. The largest absolute Gasteiger partial charge is 0.480 e. The fraction of sp³-hybridized carbons (Fsp3) is 0.818. The van der Waals surface area contributed by atoms with Gasteiger partial charge in [-0.25, -0.2) is 4.79 Å². The van der Waals surface area contributed by atoms with E-state index in [4.69, 9.17) is 5.11 Å². The standard InChI is InChI=1S/C11H19NO3S/c1-7-4-5-12(9(6-7)11(14)15)10(13)8(2)16-3/h7-9H,4-6H2,1-3H3,(H,14,15). The van der Waals surface area contributed by atoms with E-state index in [0.29, 0.717) is 18.9 Å². The maximum atomic E-state index is 12.0. The first kappa shape index (κ1) is 13.4. The summed E-state index contributed by atoms with van der Waals surface area (Å²) in [5.41, 5.74) is 0. The van der Waals surface area contributed by atoms with Gasteiger partial charge in [-0.15, -0.1) is 0 Å². The highest BCUT2D eigenvalue weighted by atomic mass is 32.2. The van der Waals surface area contributed by atoms with E-state index >= 15 is 0 Å². The van der Waals surface area contributed by atoms with Crippen LogP contribution in [0.4, 0.5) is 0 Å². The van der Waals surface area contributed by atoms with E-state index < -0.39 is 12.0 Å². The predicted molar refractivity (Wildman–Crippen MR) is 64.5 cm³/mol. The molecule has 5 heteroatoms. The van der Waals surface area contributed by atoms with Crippen LogP contribution in [0.5, 0.6) is 0 Å². The van der Waals surface area contributed by atoms with Gasteiger partial charge >= 0.3 is 5.97 Å². The molecule has 0 bridgehead atoms. The lowest BCUT2D eigenvalue weighted by atomic mass is 9.92. The summed E-state index contributed by atoms with van der Waals surface area (Å²) >= 11 is 1.46. The molecule has 0 aromatic heterocycles. The van der Waals surface area contributed by atoms with Gasteiger partial charge in [0.15, 0.2) is 0 Å². The van der Waals surface area contributed by atoms with E-state index in [1.54, 1.807) is 0 Å². The number of aliphatic carboxylic acids is 1. The summed E-state index contributed by atoms with van der Waals surface area (Å²) in [5, 5.41) is 8.97. The Morgan fingerprint density at radius 1 is 1.50 bits per heavy atom. The average molecular weight is 245 g/mol. The lowest BCUT2D eigenvalue weighted by Gasteiger charge is -2.37. The fourth-order valence-corrected chi connectivity index (χ4v) is 2.31. The van der Waals surface area contributed by atoms with Crippen LogP contribution in [0.1, 0.15) is 26.7 Å². The van der Waals surface area contributed by atoms with Crippen molar-refractivity contribution in [3.05, 3.63) is 0 Å². The molecule has 1 N–H and O–H groups in total. The van der Waals surface area contributed by atoms with Gasteiger partial charge in [-0.2, -0.15) is 11.8 Å². The molecule has 1 aliphatic heterocycles. The zero-order chi connectivity index (χ0) is 12.3. The second kappa shape index (κ2) is 5.57. The van der Waals surface area contributed by atoms with Gasteiger partial charge in [0, 0.05) is 6.54 Å². The first-order valence-electron chi connectivity index (χ1n) is 5.53. The molecule has 1 heterocycles. The van der Waals surface area contributed by atoms with Crippen LogP contribution < -0.4 is 0 Å². The van der Waals surface area contributed by atoms with Crippen molar-refractivity contribution >= 4 is 23.6 Å². The quantitative estimate of drug-likeness (QED) is 0.817. The maximum Gasteiger partial charge on any atom is 0.326 e. The molecule has 0 aromatic carbocycles. The highest BCUT2D eigenvalue weighted by Crippen LogP contribution is 2.24. The van der Waals surface area contributed by atoms with Gasteiger partial charge in [-0.3, -0.25) is 4.79 Å². The molecule has 0 aliphatic carbocycles. The monoisotopic (exact) mass is 245 g/mol. The van der Waals surface area contributed by atoms with Crippen LogP contribution in [-0.4, -0.2) is 46.0 Å². The molecule has 0 aromatic rings. The van der Waals surface area contributed by atoms with E-state index in [0.717, 1.165) is 6.42 Å². The molecule has 4 nitrogen and oxygen atoms in total. The number of hydrogen-bond acceptors (Lipinski definition) is 3. The molecule has 0 saturated carbocycles. The number of carboxylic acids is 1. The molecular weight excluding hydrogens is 226 g/mol. The number of thioether (sulfide) groups is 1. The summed E-state index contributed by atoms with van der Waals surface area (Å²) in [6, 6.07) is -0.633. The van der Waals surface area contributed by atoms with Crippen molar-refractivity contribution in [1.82, 2.24) is 4.90 Å². The summed E-state index contributed by atoms with van der Waals surface area (Å²) in [6.45, 7) is 4.43. The number of carbonyl (C=O) groups is 2. The zero-order valence-electron chi connectivity index (χ0n) is 9.97. The van der Waals surface area contributed by atoms with Crippen LogP contribution in [0.15, 0.2) is 0 Å². The number of amides is 1. The molecular formula is C11H19NO3S. The highest BCUT2D eigenvalue weighted by molar-refractivity contribution is 7.99. The van der Waals surface area contributed by atoms with Gasteiger partial charge in [0.1, 0.15) is 6.04 Å². The summed E-state index contributed by atoms with van der Waals surface area (Å²) in [4.78, 5) is 24.6. The van der Waals surface area contributed by atoms with Gasteiger partial charge in [-0.05, 0) is 31.9 Å². The number of rotatable bonds is 3. The lowest BCUT2D eigenvalue weighted by Crippen LogP contribution is -2.51. The summed E-state index contributed by atoms with van der Waals surface area (Å²) < 4.78 is 0. The van der Waals surface area contributed by atoms with Crippen molar-refractivity contribution in [1.29, 1.82) is 0 Å². The second-order valence-electron chi connectivity index (χ2n) is 4.39. The maximum absolute atomic E-state index is 12.0. The average Bonchev–Trinajstić information content (AvgIpc) is 2.26. The van der Waals surface area contributed by atoms with Gasteiger partial charge in [-0.1, -0.05) is 6.92 Å². The van der Waals surface area contributed by atoms with Crippen molar-refractivity contribution in [3.63, 3.8) is 0 Å². The van der Waals surface area contributed by atoms with E-state index in [2.05, 4.69) is 0 Å². The Labute approximate surface area is 100 Å². The number of nitrogens with zero attached hydrogens (tertiary/aromatic N) is 1. The Balaban J connectivity index is 2.76. The molecule has 16 heavy (non-hydrogen) atoms. The van der Waals surface area contributed by atoms with Crippen molar-refractivity contribution in [3.8, 4) is 0 Å². The van der Waals surface area contributed by atoms with Crippen molar-refractivity contribution in [2.75, 3.05) is 12.8 Å². The molecule has 92 valence electrons. The first-order valence-corrected chi connectivity index (χ1v) is 6.82. The van der Waals surface area contributed by atoms with Crippen molar-refractivity contribution in [2.45, 2.75) is 38.0 Å². The summed E-state index contributed by atoms with van der Waals surface area (Å²) in [5.74, 6) is -0.547. The number of piperidine rings is 1. The summed E-state index contributed by atoms with van der Waals surface area (Å²) in [6.07, 6.45) is 3.34.